The van der Waals surface area contributed by atoms with Crippen LogP contribution in [0.2, 0.25) is 0 Å². The molecule has 2 aromatic rings. The highest BCUT2D eigenvalue weighted by Crippen LogP contribution is 2.30. The first-order valence-electron chi connectivity index (χ1n) is 8.43. The number of rotatable bonds is 5. The maximum Gasteiger partial charge on any atom is 0.260 e. The van der Waals surface area contributed by atoms with Crippen molar-refractivity contribution in [2.75, 3.05) is 13.2 Å². The van der Waals surface area contributed by atoms with Crippen LogP contribution in [-0.4, -0.2) is 31.3 Å². The Kier molecular flexibility index (Phi) is 5.12. The zero-order valence-electron chi connectivity index (χ0n) is 14.7. The summed E-state index contributed by atoms with van der Waals surface area (Å²) in [6.45, 7) is 6.52. The molecule has 1 N–H and O–H groups in total. The number of nitrogens with one attached hydrogen (secondary N) is 1. The molecule has 0 saturated carbocycles. The van der Waals surface area contributed by atoms with E-state index in [4.69, 9.17) is 14.2 Å². The molecule has 0 unspecified atom stereocenters. The van der Waals surface area contributed by atoms with E-state index in [2.05, 4.69) is 5.32 Å². The van der Waals surface area contributed by atoms with Crippen LogP contribution in [0.4, 0.5) is 0 Å². The Balaban J connectivity index is 1.52. The highest BCUT2D eigenvalue weighted by molar-refractivity contribution is 5.80. The van der Waals surface area contributed by atoms with Crippen LogP contribution in [0, 0.1) is 13.8 Å². The van der Waals surface area contributed by atoms with E-state index in [9.17, 15) is 4.79 Å². The van der Waals surface area contributed by atoms with Crippen LogP contribution >= 0.6 is 0 Å². The highest BCUT2D eigenvalue weighted by atomic mass is 16.6. The van der Waals surface area contributed by atoms with E-state index in [0.29, 0.717) is 18.9 Å². The number of carbonyl (C=O) groups is 1. The van der Waals surface area contributed by atoms with Crippen LogP contribution in [0.15, 0.2) is 42.5 Å². The Bertz CT molecular complexity index is 759. The van der Waals surface area contributed by atoms with Crippen LogP contribution < -0.4 is 19.5 Å². The lowest BCUT2D eigenvalue weighted by atomic mass is 10.1. The summed E-state index contributed by atoms with van der Waals surface area (Å²) in [5, 5.41) is 2.87. The summed E-state index contributed by atoms with van der Waals surface area (Å²) < 4.78 is 17.3. The monoisotopic (exact) mass is 341 g/mol. The molecule has 132 valence electrons. The lowest BCUT2D eigenvalue weighted by molar-refractivity contribution is -0.127. The molecular weight excluding hydrogens is 318 g/mol. The molecule has 1 amide bonds. The predicted octanol–water partition coefficient (Wildman–Crippen LogP) is 3.03. The number of hydrogen-bond donors (Lipinski definition) is 1. The summed E-state index contributed by atoms with van der Waals surface area (Å²) in [4.78, 5) is 12.3. The molecule has 0 saturated heterocycles. The van der Waals surface area contributed by atoms with Gasteiger partial charge >= 0.3 is 0 Å². The van der Waals surface area contributed by atoms with Gasteiger partial charge in [0.05, 0.1) is 6.54 Å². The van der Waals surface area contributed by atoms with Crippen molar-refractivity contribution in [3.63, 3.8) is 0 Å². The number of carbonyl (C=O) groups excluding carboxylic acids is 1. The highest BCUT2D eigenvalue weighted by Gasteiger charge is 2.23. The molecule has 1 aliphatic rings. The number of ether oxygens (including phenoxy) is 3. The third kappa shape index (κ3) is 4.05. The van der Waals surface area contributed by atoms with E-state index in [-0.39, 0.29) is 12.0 Å². The largest absolute Gasteiger partial charge is 0.486 e. The minimum Gasteiger partial charge on any atom is -0.486 e. The van der Waals surface area contributed by atoms with E-state index in [1.54, 1.807) is 6.92 Å². The van der Waals surface area contributed by atoms with Crippen LogP contribution in [0.5, 0.6) is 17.2 Å². The van der Waals surface area contributed by atoms with Crippen molar-refractivity contribution >= 4 is 5.91 Å². The van der Waals surface area contributed by atoms with Gasteiger partial charge in [-0.1, -0.05) is 24.3 Å². The summed E-state index contributed by atoms with van der Waals surface area (Å²) >= 11 is 0. The van der Waals surface area contributed by atoms with Crippen LogP contribution in [0.1, 0.15) is 18.1 Å². The molecule has 0 aromatic heterocycles. The average Bonchev–Trinajstić information content (AvgIpc) is 2.63. The van der Waals surface area contributed by atoms with Crippen molar-refractivity contribution < 1.29 is 19.0 Å². The van der Waals surface area contributed by atoms with Crippen molar-refractivity contribution in [2.24, 2.45) is 0 Å². The molecular formula is C20H23NO4. The van der Waals surface area contributed by atoms with Gasteiger partial charge in [0.25, 0.3) is 5.91 Å². The molecule has 0 aliphatic carbocycles. The van der Waals surface area contributed by atoms with Crippen LogP contribution in [0.25, 0.3) is 0 Å². The van der Waals surface area contributed by atoms with Gasteiger partial charge in [-0.2, -0.15) is 0 Å². The first-order chi connectivity index (χ1) is 12.0. The minimum atomic E-state index is -0.586. The van der Waals surface area contributed by atoms with Crippen LogP contribution in [0.3, 0.4) is 0 Å². The number of amides is 1. The Morgan fingerprint density at radius 1 is 1.20 bits per heavy atom. The van der Waals surface area contributed by atoms with E-state index < -0.39 is 6.10 Å². The van der Waals surface area contributed by atoms with Crippen molar-refractivity contribution in [1.29, 1.82) is 0 Å². The summed E-state index contributed by atoms with van der Waals surface area (Å²) in [7, 11) is 0. The molecule has 1 heterocycles. The summed E-state index contributed by atoms with van der Waals surface area (Å²) in [5.41, 5.74) is 2.18. The van der Waals surface area contributed by atoms with E-state index in [1.165, 1.54) is 0 Å². The van der Waals surface area contributed by atoms with E-state index >= 15 is 0 Å². The Hall–Kier alpha value is -2.69. The number of para-hydroxylation sites is 2. The summed E-state index contributed by atoms with van der Waals surface area (Å²) in [5.74, 6) is 1.99. The average molecular weight is 341 g/mol. The predicted molar refractivity (Wildman–Crippen MR) is 95.4 cm³/mol. The third-order valence-electron chi connectivity index (χ3n) is 4.30. The Morgan fingerprint density at radius 2 is 1.96 bits per heavy atom. The topological polar surface area (TPSA) is 56.8 Å². The maximum absolute atomic E-state index is 12.3. The fourth-order valence-electron chi connectivity index (χ4n) is 2.62. The zero-order valence-corrected chi connectivity index (χ0v) is 14.7. The molecule has 5 nitrogen and oxygen atoms in total. The second kappa shape index (κ2) is 7.47. The number of hydrogen-bond acceptors (Lipinski definition) is 4. The minimum absolute atomic E-state index is 0.177. The van der Waals surface area contributed by atoms with E-state index in [1.807, 2.05) is 56.3 Å². The Morgan fingerprint density at radius 3 is 2.76 bits per heavy atom. The zero-order chi connectivity index (χ0) is 17.8. The third-order valence-corrected chi connectivity index (χ3v) is 4.30. The number of benzene rings is 2. The van der Waals surface area contributed by atoms with Gasteiger partial charge in [-0.3, -0.25) is 4.79 Å². The Labute approximate surface area is 147 Å². The van der Waals surface area contributed by atoms with Crippen LogP contribution in [-0.2, 0) is 4.79 Å². The molecule has 0 bridgehead atoms. The number of aryl methyl sites for hydroxylation is 1. The van der Waals surface area contributed by atoms with E-state index in [0.717, 1.165) is 22.6 Å². The molecule has 0 fully saturated rings. The van der Waals surface area contributed by atoms with Crippen molar-refractivity contribution in [2.45, 2.75) is 33.0 Å². The van der Waals surface area contributed by atoms with Gasteiger partial charge < -0.3 is 19.5 Å². The van der Waals surface area contributed by atoms with Gasteiger partial charge in [-0.15, -0.1) is 0 Å². The van der Waals surface area contributed by atoms with Crippen molar-refractivity contribution in [3.8, 4) is 17.2 Å². The van der Waals surface area contributed by atoms with Gasteiger partial charge in [0.2, 0.25) is 0 Å². The first kappa shape index (κ1) is 17.1. The van der Waals surface area contributed by atoms with Gasteiger partial charge in [0.1, 0.15) is 18.5 Å². The second-order valence-corrected chi connectivity index (χ2v) is 6.20. The molecule has 1 aliphatic heterocycles. The molecule has 0 radical (unpaired) electrons. The van der Waals surface area contributed by atoms with Gasteiger partial charge in [0, 0.05) is 0 Å². The van der Waals surface area contributed by atoms with Gasteiger partial charge in [-0.25, -0.2) is 0 Å². The molecule has 2 atom stereocenters. The SMILES string of the molecule is Cc1cccc(O[C@H](C)C(=O)NC[C@H]2COc3ccccc3O2)c1C. The van der Waals surface area contributed by atoms with Gasteiger partial charge in [0.15, 0.2) is 17.6 Å². The fourth-order valence-corrected chi connectivity index (χ4v) is 2.62. The summed E-state index contributed by atoms with van der Waals surface area (Å²) in [6, 6.07) is 13.3. The number of fused-ring (bicyclic) bond motifs is 1. The molecule has 0 spiro atoms. The normalized spacial score (nSPS) is 16.8. The lowest BCUT2D eigenvalue weighted by Gasteiger charge is -2.27. The maximum atomic E-state index is 12.3. The second-order valence-electron chi connectivity index (χ2n) is 6.20. The smallest absolute Gasteiger partial charge is 0.260 e. The summed E-state index contributed by atoms with van der Waals surface area (Å²) in [6.07, 6.45) is -0.802. The lowest BCUT2D eigenvalue weighted by Crippen LogP contribution is -2.44. The molecule has 5 heteroatoms. The van der Waals surface area contributed by atoms with Crippen molar-refractivity contribution in [3.05, 3.63) is 53.6 Å². The molecule has 2 aromatic carbocycles. The molecule has 25 heavy (non-hydrogen) atoms. The first-order valence-corrected chi connectivity index (χ1v) is 8.43. The fraction of sp³-hybridized carbons (Fsp3) is 0.350. The van der Waals surface area contributed by atoms with Crippen molar-refractivity contribution in [1.82, 2.24) is 5.32 Å². The van der Waals surface area contributed by atoms with Gasteiger partial charge in [-0.05, 0) is 50.1 Å². The molecule has 3 rings (SSSR count). The quantitative estimate of drug-likeness (QED) is 0.908. The standard InChI is InChI=1S/C20H23NO4/c1-13-7-6-10-17(14(13)2)24-15(3)20(22)21-11-16-12-23-18-8-4-5-9-19(18)25-16/h4-10,15-16H,11-12H2,1-3H3,(H,21,22)/t15-,16+/m1/s1.